The number of cyclic esters (lactones) is 1. The maximum atomic E-state index is 11.4. The lowest BCUT2D eigenvalue weighted by molar-refractivity contribution is -0.192. The summed E-state index contributed by atoms with van der Waals surface area (Å²) in [6, 6.07) is 0. The lowest BCUT2D eigenvalue weighted by atomic mass is 10.1. The highest BCUT2D eigenvalue weighted by Gasteiger charge is 2.57. The Morgan fingerprint density at radius 3 is 2.80 bits per heavy atom. The molecule has 86 valence electrons. The van der Waals surface area contributed by atoms with Gasteiger partial charge in [-0.1, -0.05) is 15.9 Å². The van der Waals surface area contributed by atoms with Crippen LogP contribution in [0.25, 0.3) is 0 Å². The SMILES string of the molecule is CC1(C)O[C@H]2[C@@H]([C@@H](O)CBr)OC(=O)[C@H]2O1. The van der Waals surface area contributed by atoms with Gasteiger partial charge in [0.25, 0.3) is 0 Å². The van der Waals surface area contributed by atoms with Crippen molar-refractivity contribution in [2.24, 2.45) is 0 Å². The monoisotopic (exact) mass is 280 g/mol. The van der Waals surface area contributed by atoms with Gasteiger partial charge in [0.05, 0.1) is 0 Å². The van der Waals surface area contributed by atoms with Crippen LogP contribution in [0.2, 0.25) is 0 Å². The molecule has 1 N–H and O–H groups in total. The summed E-state index contributed by atoms with van der Waals surface area (Å²) >= 11 is 3.13. The van der Waals surface area contributed by atoms with Crippen molar-refractivity contribution < 1.29 is 24.1 Å². The summed E-state index contributed by atoms with van der Waals surface area (Å²) < 4.78 is 15.9. The zero-order valence-electron chi connectivity index (χ0n) is 8.47. The Balaban J connectivity index is 2.16. The second-order valence-corrected chi connectivity index (χ2v) is 4.79. The third-order valence-corrected chi connectivity index (χ3v) is 3.14. The topological polar surface area (TPSA) is 65.0 Å². The van der Waals surface area contributed by atoms with Crippen LogP contribution in [0.5, 0.6) is 0 Å². The summed E-state index contributed by atoms with van der Waals surface area (Å²) in [6.45, 7) is 3.46. The predicted octanol–water partition coefficient (Wildman–Crippen LogP) is 0.188. The molecule has 0 spiro atoms. The molecular weight excluding hydrogens is 268 g/mol. The van der Waals surface area contributed by atoms with Gasteiger partial charge < -0.3 is 19.3 Å². The minimum atomic E-state index is -0.793. The fourth-order valence-corrected chi connectivity index (χ4v) is 2.23. The van der Waals surface area contributed by atoms with Crippen molar-refractivity contribution in [1.29, 1.82) is 0 Å². The maximum Gasteiger partial charge on any atom is 0.338 e. The highest BCUT2D eigenvalue weighted by molar-refractivity contribution is 9.09. The van der Waals surface area contributed by atoms with Gasteiger partial charge in [-0.3, -0.25) is 0 Å². The standard InChI is InChI=1S/C9H13BrO5/c1-9(2)14-6-5(4(11)3-10)13-8(12)7(6)15-9/h4-7,11H,3H2,1-2H3/t4-,5+,6-,7-/m0/s1. The van der Waals surface area contributed by atoms with Crippen LogP contribution >= 0.6 is 15.9 Å². The van der Waals surface area contributed by atoms with E-state index in [9.17, 15) is 9.90 Å². The zero-order valence-corrected chi connectivity index (χ0v) is 10.1. The average molecular weight is 281 g/mol. The van der Waals surface area contributed by atoms with E-state index in [-0.39, 0.29) is 0 Å². The van der Waals surface area contributed by atoms with Gasteiger partial charge in [0.1, 0.15) is 12.2 Å². The van der Waals surface area contributed by atoms with Gasteiger partial charge in [0, 0.05) is 5.33 Å². The molecule has 0 amide bonds. The van der Waals surface area contributed by atoms with Crippen molar-refractivity contribution in [3.8, 4) is 0 Å². The van der Waals surface area contributed by atoms with E-state index in [1.165, 1.54) is 0 Å². The van der Waals surface area contributed by atoms with Crippen LogP contribution in [0.3, 0.4) is 0 Å². The van der Waals surface area contributed by atoms with Gasteiger partial charge in [-0.15, -0.1) is 0 Å². The third kappa shape index (κ3) is 1.91. The smallest absolute Gasteiger partial charge is 0.338 e. The fourth-order valence-electron chi connectivity index (χ4n) is 1.87. The molecule has 2 rings (SSSR count). The second kappa shape index (κ2) is 3.69. The van der Waals surface area contributed by atoms with Gasteiger partial charge in [0.2, 0.25) is 0 Å². The molecule has 15 heavy (non-hydrogen) atoms. The molecule has 0 radical (unpaired) electrons. The van der Waals surface area contributed by atoms with E-state index in [0.717, 1.165) is 0 Å². The molecule has 0 aromatic carbocycles. The van der Waals surface area contributed by atoms with E-state index in [0.29, 0.717) is 5.33 Å². The Morgan fingerprint density at radius 1 is 1.53 bits per heavy atom. The molecule has 2 saturated heterocycles. The Hall–Kier alpha value is -0.170. The van der Waals surface area contributed by atoms with E-state index in [1.54, 1.807) is 13.8 Å². The summed E-state index contributed by atoms with van der Waals surface area (Å²) in [6.07, 6.45) is -2.65. The normalized spacial score (nSPS) is 40.0. The van der Waals surface area contributed by atoms with Crippen molar-refractivity contribution >= 4 is 21.9 Å². The minimum absolute atomic E-state index is 0.331. The number of aliphatic hydroxyl groups is 1. The lowest BCUT2D eigenvalue weighted by Crippen LogP contribution is -2.39. The van der Waals surface area contributed by atoms with Crippen molar-refractivity contribution in [1.82, 2.24) is 0 Å². The molecular formula is C9H13BrO5. The molecule has 0 unspecified atom stereocenters. The van der Waals surface area contributed by atoms with Crippen molar-refractivity contribution in [2.45, 2.75) is 44.1 Å². The molecule has 0 aromatic heterocycles. The highest BCUT2D eigenvalue weighted by Crippen LogP contribution is 2.37. The Kier molecular flexibility index (Phi) is 2.79. The van der Waals surface area contributed by atoms with Crippen LogP contribution in [0.15, 0.2) is 0 Å². The molecule has 2 aliphatic rings. The fraction of sp³-hybridized carbons (Fsp3) is 0.889. The number of esters is 1. The number of fused-ring (bicyclic) bond motifs is 1. The number of hydrogen-bond acceptors (Lipinski definition) is 5. The molecule has 2 heterocycles. The molecule has 0 aliphatic carbocycles. The van der Waals surface area contributed by atoms with E-state index >= 15 is 0 Å². The van der Waals surface area contributed by atoms with Crippen molar-refractivity contribution in [2.75, 3.05) is 5.33 Å². The van der Waals surface area contributed by atoms with Crippen LogP contribution in [0, 0.1) is 0 Å². The number of ether oxygens (including phenoxy) is 3. The van der Waals surface area contributed by atoms with Crippen LogP contribution in [-0.2, 0) is 19.0 Å². The van der Waals surface area contributed by atoms with Gasteiger partial charge in [-0.05, 0) is 13.8 Å². The molecule has 0 aromatic rings. The Bertz CT molecular complexity index is 280. The summed E-state index contributed by atoms with van der Waals surface area (Å²) in [4.78, 5) is 11.4. The number of carbonyl (C=O) groups is 1. The quantitative estimate of drug-likeness (QED) is 0.578. The van der Waals surface area contributed by atoms with Crippen molar-refractivity contribution in [3.63, 3.8) is 0 Å². The van der Waals surface area contributed by atoms with E-state index in [2.05, 4.69) is 15.9 Å². The number of alkyl halides is 1. The van der Waals surface area contributed by atoms with Gasteiger partial charge in [0.15, 0.2) is 18.0 Å². The molecule has 4 atom stereocenters. The first-order valence-corrected chi connectivity index (χ1v) is 5.87. The first kappa shape index (κ1) is 11.3. The van der Waals surface area contributed by atoms with E-state index in [4.69, 9.17) is 14.2 Å². The number of carbonyl (C=O) groups excluding carboxylic acids is 1. The number of aliphatic hydroxyl groups excluding tert-OH is 1. The molecule has 0 saturated carbocycles. The summed E-state index contributed by atoms with van der Waals surface area (Å²) in [7, 11) is 0. The maximum absolute atomic E-state index is 11.4. The number of hydrogen-bond donors (Lipinski definition) is 1. The summed E-state index contributed by atoms with van der Waals surface area (Å²) in [5.41, 5.74) is 0. The number of rotatable bonds is 2. The first-order chi connectivity index (χ1) is 6.94. The van der Waals surface area contributed by atoms with Crippen LogP contribution < -0.4 is 0 Å². The van der Waals surface area contributed by atoms with Gasteiger partial charge in [-0.2, -0.15) is 0 Å². The van der Waals surface area contributed by atoms with Crippen LogP contribution in [-0.4, -0.2) is 46.6 Å². The summed E-state index contributed by atoms with van der Waals surface area (Å²) in [5.74, 6) is -1.26. The van der Waals surface area contributed by atoms with E-state index < -0.39 is 36.2 Å². The Morgan fingerprint density at radius 2 is 2.20 bits per heavy atom. The van der Waals surface area contributed by atoms with Crippen LogP contribution in [0.1, 0.15) is 13.8 Å². The lowest BCUT2D eigenvalue weighted by Gasteiger charge is -2.23. The first-order valence-electron chi connectivity index (χ1n) is 4.75. The molecule has 2 fully saturated rings. The zero-order chi connectivity index (χ0) is 11.2. The third-order valence-electron chi connectivity index (χ3n) is 2.47. The van der Waals surface area contributed by atoms with Gasteiger partial charge in [-0.25, -0.2) is 4.79 Å². The largest absolute Gasteiger partial charge is 0.455 e. The second-order valence-electron chi connectivity index (χ2n) is 4.14. The van der Waals surface area contributed by atoms with Crippen molar-refractivity contribution in [3.05, 3.63) is 0 Å². The van der Waals surface area contributed by atoms with Gasteiger partial charge >= 0.3 is 5.97 Å². The molecule has 5 nitrogen and oxygen atoms in total. The molecule has 6 heteroatoms. The number of halogens is 1. The summed E-state index contributed by atoms with van der Waals surface area (Å²) in [5, 5.41) is 9.96. The molecule has 2 aliphatic heterocycles. The predicted molar refractivity (Wildman–Crippen MR) is 53.5 cm³/mol. The molecule has 0 bridgehead atoms. The average Bonchev–Trinajstić information content (AvgIpc) is 2.61. The highest BCUT2D eigenvalue weighted by atomic mass is 79.9. The van der Waals surface area contributed by atoms with E-state index in [1.807, 2.05) is 0 Å². The minimum Gasteiger partial charge on any atom is -0.455 e. The Labute approximate surface area is 95.8 Å². The van der Waals surface area contributed by atoms with Crippen LogP contribution in [0.4, 0.5) is 0 Å².